The SMILES string of the molecule is O=c1nc(SCc2cccc([N+](=O)[O-])c2)c2c(n1Cc1ccncc1)CCC2. The van der Waals surface area contributed by atoms with Gasteiger partial charge in [0, 0.05) is 41.5 Å². The maximum Gasteiger partial charge on any atom is 0.349 e. The van der Waals surface area contributed by atoms with Gasteiger partial charge in [0.2, 0.25) is 0 Å². The Morgan fingerprint density at radius 1 is 1.14 bits per heavy atom. The molecule has 0 radical (unpaired) electrons. The van der Waals surface area contributed by atoms with E-state index in [2.05, 4.69) is 9.97 Å². The number of hydrogen-bond donors (Lipinski definition) is 0. The third-order valence-electron chi connectivity index (χ3n) is 4.79. The Morgan fingerprint density at radius 3 is 2.75 bits per heavy atom. The van der Waals surface area contributed by atoms with E-state index in [1.807, 2.05) is 18.2 Å². The summed E-state index contributed by atoms with van der Waals surface area (Å²) in [6.45, 7) is 0.493. The number of rotatable bonds is 6. The number of hydrogen-bond acceptors (Lipinski definition) is 6. The van der Waals surface area contributed by atoms with Gasteiger partial charge in [-0.1, -0.05) is 12.1 Å². The van der Waals surface area contributed by atoms with Crippen LogP contribution >= 0.6 is 11.8 Å². The molecule has 0 N–H and O–H groups in total. The lowest BCUT2D eigenvalue weighted by Crippen LogP contribution is -2.27. The van der Waals surface area contributed by atoms with Gasteiger partial charge in [-0.05, 0) is 42.5 Å². The monoisotopic (exact) mass is 394 g/mol. The van der Waals surface area contributed by atoms with Crippen LogP contribution < -0.4 is 5.69 Å². The quantitative estimate of drug-likeness (QED) is 0.275. The summed E-state index contributed by atoms with van der Waals surface area (Å²) in [4.78, 5) is 31.6. The molecule has 0 bridgehead atoms. The van der Waals surface area contributed by atoms with Gasteiger partial charge in [0.05, 0.1) is 11.5 Å². The average Bonchev–Trinajstić information content (AvgIpc) is 3.20. The molecule has 0 spiro atoms. The number of nitro groups is 1. The molecule has 2 heterocycles. The Labute approximate surface area is 165 Å². The highest BCUT2D eigenvalue weighted by molar-refractivity contribution is 7.98. The molecule has 28 heavy (non-hydrogen) atoms. The van der Waals surface area contributed by atoms with E-state index in [4.69, 9.17) is 0 Å². The minimum atomic E-state index is -0.398. The molecule has 8 heteroatoms. The lowest BCUT2D eigenvalue weighted by Gasteiger charge is -2.14. The molecular formula is C20H18N4O3S. The van der Waals surface area contributed by atoms with Crippen molar-refractivity contribution < 1.29 is 4.92 Å². The largest absolute Gasteiger partial charge is 0.349 e. The molecule has 3 aromatic rings. The van der Waals surface area contributed by atoms with Crippen molar-refractivity contribution in [2.75, 3.05) is 0 Å². The zero-order valence-electron chi connectivity index (χ0n) is 15.1. The lowest BCUT2D eigenvalue weighted by atomic mass is 10.2. The molecule has 0 atom stereocenters. The number of fused-ring (bicyclic) bond motifs is 1. The number of pyridine rings is 1. The van der Waals surface area contributed by atoms with Crippen molar-refractivity contribution in [1.82, 2.24) is 14.5 Å². The fourth-order valence-electron chi connectivity index (χ4n) is 3.45. The molecule has 1 aromatic carbocycles. The van der Waals surface area contributed by atoms with Crippen LogP contribution in [0.1, 0.15) is 28.8 Å². The maximum atomic E-state index is 12.7. The Bertz CT molecular complexity index is 1080. The summed E-state index contributed by atoms with van der Waals surface area (Å²) in [5, 5.41) is 11.7. The van der Waals surface area contributed by atoms with Gasteiger partial charge >= 0.3 is 5.69 Å². The number of thioether (sulfide) groups is 1. The molecule has 2 aromatic heterocycles. The molecule has 0 amide bonds. The van der Waals surface area contributed by atoms with E-state index in [9.17, 15) is 14.9 Å². The van der Waals surface area contributed by atoms with Crippen molar-refractivity contribution in [1.29, 1.82) is 0 Å². The first kappa shape index (κ1) is 18.4. The first-order valence-electron chi connectivity index (χ1n) is 8.99. The summed E-state index contributed by atoms with van der Waals surface area (Å²) in [6, 6.07) is 10.4. The molecule has 0 aliphatic heterocycles. The molecule has 0 fully saturated rings. The van der Waals surface area contributed by atoms with Crippen LogP contribution in [0.25, 0.3) is 0 Å². The van der Waals surface area contributed by atoms with Crippen molar-refractivity contribution in [3.05, 3.63) is 91.8 Å². The third kappa shape index (κ3) is 3.82. The number of nitrogens with zero attached hydrogens (tertiary/aromatic N) is 4. The third-order valence-corrected chi connectivity index (χ3v) is 5.88. The summed E-state index contributed by atoms with van der Waals surface area (Å²) >= 11 is 1.47. The van der Waals surface area contributed by atoms with Gasteiger partial charge in [-0.2, -0.15) is 4.98 Å². The van der Waals surface area contributed by atoms with E-state index >= 15 is 0 Å². The van der Waals surface area contributed by atoms with Crippen LogP contribution in [0.5, 0.6) is 0 Å². The normalized spacial score (nSPS) is 12.7. The summed E-state index contributed by atoms with van der Waals surface area (Å²) in [6.07, 6.45) is 6.20. The van der Waals surface area contributed by atoms with Crippen LogP contribution in [0, 0.1) is 10.1 Å². The average molecular weight is 394 g/mol. The second-order valence-electron chi connectivity index (χ2n) is 6.64. The second-order valence-corrected chi connectivity index (χ2v) is 7.60. The van der Waals surface area contributed by atoms with Gasteiger partial charge < -0.3 is 0 Å². The topological polar surface area (TPSA) is 90.9 Å². The van der Waals surface area contributed by atoms with Crippen LogP contribution in [-0.4, -0.2) is 19.5 Å². The molecular weight excluding hydrogens is 376 g/mol. The van der Waals surface area contributed by atoms with E-state index in [1.165, 1.54) is 17.8 Å². The fourth-order valence-corrected chi connectivity index (χ4v) is 4.47. The lowest BCUT2D eigenvalue weighted by molar-refractivity contribution is -0.384. The number of benzene rings is 1. The van der Waals surface area contributed by atoms with E-state index in [-0.39, 0.29) is 11.4 Å². The molecule has 1 aliphatic rings. The number of aromatic nitrogens is 3. The minimum Gasteiger partial charge on any atom is -0.292 e. The molecule has 4 rings (SSSR count). The minimum absolute atomic E-state index is 0.0732. The van der Waals surface area contributed by atoms with Crippen LogP contribution in [0.2, 0.25) is 0 Å². The van der Waals surface area contributed by atoms with Gasteiger partial charge in [-0.3, -0.25) is 19.7 Å². The smallest absolute Gasteiger partial charge is 0.292 e. The zero-order chi connectivity index (χ0) is 19.5. The molecule has 0 saturated carbocycles. The maximum absolute atomic E-state index is 12.7. The standard InChI is InChI=1S/C20H18N4O3S/c25-20-22-19(28-13-15-3-1-4-16(11-15)24(26)27)17-5-2-6-18(17)23(20)12-14-7-9-21-10-8-14/h1,3-4,7-11H,2,5-6,12-13H2. The van der Waals surface area contributed by atoms with Crippen molar-refractivity contribution in [2.45, 2.75) is 36.6 Å². The predicted molar refractivity (Wildman–Crippen MR) is 107 cm³/mol. The second kappa shape index (κ2) is 7.93. The molecule has 7 nitrogen and oxygen atoms in total. The van der Waals surface area contributed by atoms with Crippen LogP contribution in [0.4, 0.5) is 5.69 Å². The predicted octanol–water partition coefficient (Wildman–Crippen LogP) is 3.38. The van der Waals surface area contributed by atoms with Crippen molar-refractivity contribution in [3.8, 4) is 0 Å². The van der Waals surface area contributed by atoms with Gasteiger partial charge in [0.15, 0.2) is 0 Å². The summed E-state index contributed by atoms with van der Waals surface area (Å²) < 4.78 is 1.76. The van der Waals surface area contributed by atoms with E-state index < -0.39 is 4.92 Å². The Morgan fingerprint density at radius 2 is 1.96 bits per heavy atom. The van der Waals surface area contributed by atoms with E-state index in [1.54, 1.807) is 29.1 Å². The van der Waals surface area contributed by atoms with Crippen molar-refractivity contribution in [3.63, 3.8) is 0 Å². The van der Waals surface area contributed by atoms with Gasteiger partial charge in [0.1, 0.15) is 5.03 Å². The Balaban J connectivity index is 1.60. The summed E-state index contributed by atoms with van der Waals surface area (Å²) in [7, 11) is 0. The van der Waals surface area contributed by atoms with Crippen LogP contribution in [0.15, 0.2) is 58.6 Å². The summed E-state index contributed by atoms with van der Waals surface area (Å²) in [5.74, 6) is 0.537. The van der Waals surface area contributed by atoms with Gasteiger partial charge in [-0.15, -0.1) is 11.8 Å². The Hall–Kier alpha value is -3.00. The van der Waals surface area contributed by atoms with Gasteiger partial charge in [0.25, 0.3) is 5.69 Å². The molecule has 142 valence electrons. The first-order valence-corrected chi connectivity index (χ1v) is 9.98. The fraction of sp³-hybridized carbons (Fsp3) is 0.250. The van der Waals surface area contributed by atoms with E-state index in [0.29, 0.717) is 12.3 Å². The summed E-state index contributed by atoms with van der Waals surface area (Å²) in [5.41, 5.74) is 3.87. The van der Waals surface area contributed by atoms with Crippen LogP contribution in [-0.2, 0) is 25.1 Å². The number of non-ortho nitro benzene ring substituents is 1. The van der Waals surface area contributed by atoms with Crippen molar-refractivity contribution >= 4 is 17.4 Å². The highest BCUT2D eigenvalue weighted by Crippen LogP contribution is 2.31. The van der Waals surface area contributed by atoms with Gasteiger partial charge in [-0.25, -0.2) is 4.79 Å². The van der Waals surface area contributed by atoms with E-state index in [0.717, 1.165) is 46.7 Å². The van der Waals surface area contributed by atoms with Crippen LogP contribution in [0.3, 0.4) is 0 Å². The number of nitro benzene ring substituents is 1. The highest BCUT2D eigenvalue weighted by Gasteiger charge is 2.22. The van der Waals surface area contributed by atoms with Crippen molar-refractivity contribution in [2.24, 2.45) is 0 Å². The molecule has 1 aliphatic carbocycles. The first-order chi connectivity index (χ1) is 13.6. The Kier molecular flexibility index (Phi) is 5.21. The zero-order valence-corrected chi connectivity index (χ0v) is 15.9. The molecule has 0 saturated heterocycles. The molecule has 0 unspecified atom stereocenters. The highest BCUT2D eigenvalue weighted by atomic mass is 32.2.